The van der Waals surface area contributed by atoms with Crippen molar-refractivity contribution in [1.29, 1.82) is 0 Å². The molecule has 1 aromatic carbocycles. The lowest BCUT2D eigenvalue weighted by molar-refractivity contribution is 0.395. The molecule has 0 bridgehead atoms. The molecule has 0 unspecified atom stereocenters. The Hall–Kier alpha value is -1.82. The molecule has 2 N–H and O–H groups in total. The lowest BCUT2D eigenvalue weighted by Gasteiger charge is -2.11. The molecule has 1 heterocycles. The number of nitrogens with zero attached hydrogens (tertiary/aromatic N) is 2. The van der Waals surface area contributed by atoms with Gasteiger partial charge in [0.1, 0.15) is 0 Å². The summed E-state index contributed by atoms with van der Waals surface area (Å²) in [5.41, 5.74) is 4.89. The first-order valence-electron chi connectivity index (χ1n) is 4.97. The minimum Gasteiger partial charge on any atom is -0.334 e. The maximum absolute atomic E-state index is 13.5. The second kappa shape index (κ2) is 3.89. The number of hydrogen-bond acceptors (Lipinski definition) is 4. The first kappa shape index (κ1) is 11.7. The van der Waals surface area contributed by atoms with E-state index in [1.165, 1.54) is 12.1 Å². The van der Waals surface area contributed by atoms with E-state index in [9.17, 15) is 8.78 Å². The van der Waals surface area contributed by atoms with Crippen molar-refractivity contribution in [2.24, 2.45) is 5.73 Å². The molecule has 0 fully saturated rings. The molecule has 0 aliphatic carbocycles. The van der Waals surface area contributed by atoms with Crippen molar-refractivity contribution in [3.63, 3.8) is 0 Å². The van der Waals surface area contributed by atoms with Crippen molar-refractivity contribution in [1.82, 2.24) is 10.1 Å². The quantitative estimate of drug-likeness (QED) is 0.872. The predicted molar refractivity (Wildman–Crippen MR) is 56.9 cm³/mol. The minimum absolute atomic E-state index is 0.0759. The zero-order valence-corrected chi connectivity index (χ0v) is 9.37. The van der Waals surface area contributed by atoms with Crippen LogP contribution in [-0.4, -0.2) is 10.1 Å². The molecule has 0 radical (unpaired) electrons. The number of hydrogen-bond donors (Lipinski definition) is 1. The number of benzene rings is 1. The molecular formula is C11H11F2N3O. The molecule has 17 heavy (non-hydrogen) atoms. The maximum atomic E-state index is 13.5. The van der Waals surface area contributed by atoms with Crippen LogP contribution < -0.4 is 5.73 Å². The van der Waals surface area contributed by atoms with E-state index < -0.39 is 17.2 Å². The second-order valence-corrected chi connectivity index (χ2v) is 4.25. The fraction of sp³-hybridized carbons (Fsp3) is 0.273. The van der Waals surface area contributed by atoms with Gasteiger partial charge < -0.3 is 10.3 Å². The van der Waals surface area contributed by atoms with Crippen molar-refractivity contribution in [2.75, 3.05) is 0 Å². The molecule has 0 amide bonds. The second-order valence-electron chi connectivity index (χ2n) is 4.25. The lowest BCUT2D eigenvalue weighted by Crippen LogP contribution is -2.30. The summed E-state index contributed by atoms with van der Waals surface area (Å²) in [7, 11) is 0. The standard InChI is InChI=1S/C11H11F2N3O/c1-11(2,14)10-15-9(17-16-10)6-4-3-5-7(12)8(6)13/h3-5H,14H2,1-2H3. The molecule has 2 aromatic rings. The fourth-order valence-electron chi connectivity index (χ4n) is 1.26. The monoisotopic (exact) mass is 239 g/mol. The summed E-state index contributed by atoms with van der Waals surface area (Å²) >= 11 is 0. The van der Waals surface area contributed by atoms with Crippen LogP contribution in [0.1, 0.15) is 19.7 Å². The SMILES string of the molecule is CC(C)(N)c1noc(-c2cccc(F)c2F)n1. The molecular weight excluding hydrogens is 228 g/mol. The Balaban J connectivity index is 2.48. The Labute approximate surface area is 96.4 Å². The van der Waals surface area contributed by atoms with Crippen molar-refractivity contribution >= 4 is 0 Å². The molecule has 0 spiro atoms. The van der Waals surface area contributed by atoms with Crippen LogP contribution >= 0.6 is 0 Å². The summed E-state index contributed by atoms with van der Waals surface area (Å²) in [6.45, 7) is 3.37. The normalized spacial score (nSPS) is 11.8. The van der Waals surface area contributed by atoms with Gasteiger partial charge in [-0.25, -0.2) is 8.78 Å². The van der Waals surface area contributed by atoms with Crippen LogP contribution in [-0.2, 0) is 5.54 Å². The topological polar surface area (TPSA) is 64.9 Å². The molecule has 4 nitrogen and oxygen atoms in total. The molecule has 90 valence electrons. The van der Waals surface area contributed by atoms with Gasteiger partial charge in [0.25, 0.3) is 5.89 Å². The summed E-state index contributed by atoms with van der Waals surface area (Å²) in [6.07, 6.45) is 0. The number of halogens is 2. The van der Waals surface area contributed by atoms with Crippen LogP contribution in [0.2, 0.25) is 0 Å². The molecule has 6 heteroatoms. The Morgan fingerprint density at radius 3 is 2.59 bits per heavy atom. The van der Waals surface area contributed by atoms with E-state index in [1.54, 1.807) is 13.8 Å². The summed E-state index contributed by atoms with van der Waals surface area (Å²) in [6, 6.07) is 3.74. The fourth-order valence-corrected chi connectivity index (χ4v) is 1.26. The van der Waals surface area contributed by atoms with E-state index in [0.29, 0.717) is 0 Å². The van der Waals surface area contributed by atoms with Crippen LogP contribution in [0, 0.1) is 11.6 Å². The van der Waals surface area contributed by atoms with Gasteiger partial charge in [-0.1, -0.05) is 11.2 Å². The predicted octanol–water partition coefficient (Wildman–Crippen LogP) is 2.21. The Bertz CT molecular complexity index is 546. The smallest absolute Gasteiger partial charge is 0.261 e. The molecule has 0 saturated carbocycles. The highest BCUT2D eigenvalue weighted by atomic mass is 19.2. The Kier molecular flexibility index (Phi) is 2.66. The van der Waals surface area contributed by atoms with Gasteiger partial charge in [-0.2, -0.15) is 4.98 Å². The Morgan fingerprint density at radius 1 is 1.29 bits per heavy atom. The van der Waals surface area contributed by atoms with Crippen LogP contribution in [0.15, 0.2) is 22.7 Å². The van der Waals surface area contributed by atoms with E-state index in [4.69, 9.17) is 10.3 Å². The molecule has 0 aliphatic rings. The summed E-state index contributed by atoms with van der Waals surface area (Å²) in [5, 5.41) is 3.63. The van der Waals surface area contributed by atoms with Gasteiger partial charge in [0, 0.05) is 0 Å². The summed E-state index contributed by atoms with van der Waals surface area (Å²) < 4.78 is 31.3. The van der Waals surface area contributed by atoms with Crippen molar-refractivity contribution < 1.29 is 13.3 Å². The minimum atomic E-state index is -1.02. The van der Waals surface area contributed by atoms with Gasteiger partial charge in [0.15, 0.2) is 17.5 Å². The molecule has 0 saturated heterocycles. The van der Waals surface area contributed by atoms with Crippen LogP contribution in [0.25, 0.3) is 11.5 Å². The molecule has 0 atom stereocenters. The average molecular weight is 239 g/mol. The number of rotatable bonds is 2. The van der Waals surface area contributed by atoms with E-state index in [0.717, 1.165) is 6.07 Å². The number of nitrogens with two attached hydrogens (primary N) is 1. The maximum Gasteiger partial charge on any atom is 0.261 e. The first-order valence-corrected chi connectivity index (χ1v) is 4.97. The third-order valence-corrected chi connectivity index (χ3v) is 2.18. The number of aromatic nitrogens is 2. The summed E-state index contributed by atoms with van der Waals surface area (Å²) in [5.74, 6) is -1.83. The largest absolute Gasteiger partial charge is 0.334 e. The third kappa shape index (κ3) is 2.16. The van der Waals surface area contributed by atoms with Crippen molar-refractivity contribution in [3.05, 3.63) is 35.7 Å². The Morgan fingerprint density at radius 2 is 2.00 bits per heavy atom. The van der Waals surface area contributed by atoms with E-state index in [2.05, 4.69) is 10.1 Å². The van der Waals surface area contributed by atoms with E-state index >= 15 is 0 Å². The molecule has 0 aliphatic heterocycles. The van der Waals surface area contributed by atoms with Crippen molar-refractivity contribution in [3.8, 4) is 11.5 Å². The van der Waals surface area contributed by atoms with Gasteiger partial charge in [-0.15, -0.1) is 0 Å². The van der Waals surface area contributed by atoms with Gasteiger partial charge in [0.2, 0.25) is 0 Å². The van der Waals surface area contributed by atoms with E-state index in [-0.39, 0.29) is 17.3 Å². The van der Waals surface area contributed by atoms with Gasteiger partial charge >= 0.3 is 0 Å². The third-order valence-electron chi connectivity index (χ3n) is 2.18. The van der Waals surface area contributed by atoms with Gasteiger partial charge in [0.05, 0.1) is 11.1 Å². The average Bonchev–Trinajstić information content (AvgIpc) is 2.70. The van der Waals surface area contributed by atoms with Crippen molar-refractivity contribution in [2.45, 2.75) is 19.4 Å². The summed E-state index contributed by atoms with van der Waals surface area (Å²) in [4.78, 5) is 3.94. The lowest BCUT2D eigenvalue weighted by atomic mass is 10.1. The first-order chi connectivity index (χ1) is 7.89. The highest BCUT2D eigenvalue weighted by molar-refractivity contribution is 5.53. The highest BCUT2D eigenvalue weighted by Gasteiger charge is 2.23. The van der Waals surface area contributed by atoms with Crippen LogP contribution in [0.4, 0.5) is 8.78 Å². The molecule has 1 aromatic heterocycles. The van der Waals surface area contributed by atoms with Gasteiger partial charge in [-0.05, 0) is 26.0 Å². The highest BCUT2D eigenvalue weighted by Crippen LogP contribution is 2.24. The van der Waals surface area contributed by atoms with Crippen LogP contribution in [0.5, 0.6) is 0 Å². The van der Waals surface area contributed by atoms with E-state index in [1.807, 2.05) is 0 Å². The van der Waals surface area contributed by atoms with Gasteiger partial charge in [-0.3, -0.25) is 0 Å². The molecule has 2 rings (SSSR count). The zero-order chi connectivity index (χ0) is 12.6. The van der Waals surface area contributed by atoms with Crippen LogP contribution in [0.3, 0.4) is 0 Å². The zero-order valence-electron chi connectivity index (χ0n) is 9.37.